The number of carbonyl (C=O) groups excluding carboxylic acids is 1. The van der Waals surface area contributed by atoms with Crippen LogP contribution in [0.4, 0.5) is 0 Å². The number of fused-ring (bicyclic) bond motifs is 1. The van der Waals surface area contributed by atoms with Gasteiger partial charge in [0.25, 0.3) is 0 Å². The lowest BCUT2D eigenvalue weighted by Gasteiger charge is -2.38. The molecule has 1 atom stereocenters. The Balaban J connectivity index is 2.11. The maximum atomic E-state index is 12.7. The minimum Gasteiger partial charge on any atom is -0.445 e. The van der Waals surface area contributed by atoms with E-state index >= 15 is 0 Å². The minimum absolute atomic E-state index is 0.258. The van der Waals surface area contributed by atoms with E-state index in [1.165, 1.54) is 0 Å². The van der Waals surface area contributed by atoms with E-state index in [2.05, 4.69) is 53.0 Å². The molecule has 0 spiro atoms. The number of benzene rings is 2. The summed E-state index contributed by atoms with van der Waals surface area (Å²) in [6.07, 6.45) is 0.487. The molecular formula is C26H32O2Si. The van der Waals surface area contributed by atoms with E-state index in [-0.39, 0.29) is 5.97 Å². The second kappa shape index (κ2) is 8.20. The van der Waals surface area contributed by atoms with Crippen molar-refractivity contribution in [2.24, 2.45) is 0 Å². The molecule has 3 heteroatoms. The normalized spacial score (nSPS) is 18.6. The van der Waals surface area contributed by atoms with Crippen LogP contribution in [0.3, 0.4) is 0 Å². The van der Waals surface area contributed by atoms with Gasteiger partial charge in [-0.05, 0) is 22.7 Å². The first-order chi connectivity index (χ1) is 13.8. The Morgan fingerprint density at radius 2 is 1.41 bits per heavy atom. The third-order valence-corrected chi connectivity index (χ3v) is 12.9. The van der Waals surface area contributed by atoms with Crippen LogP contribution in [0.5, 0.6) is 0 Å². The molecular weight excluding hydrogens is 372 g/mol. The van der Waals surface area contributed by atoms with E-state index in [9.17, 15) is 4.79 Å². The zero-order valence-electron chi connectivity index (χ0n) is 18.5. The standard InChI is InChI=1S/C26H32O2Si/c1-19(2)29(20(3)4,21(5)6)18-12-17-26(22-13-8-7-9-14-22)24-16-11-10-15-23(24)25(27)28-26/h7-11,13-16,19-21H,17H2,1-6H3. The van der Waals surface area contributed by atoms with Crippen LogP contribution in [0.2, 0.25) is 16.6 Å². The van der Waals surface area contributed by atoms with Crippen LogP contribution in [0.1, 0.15) is 69.4 Å². The van der Waals surface area contributed by atoms with Gasteiger partial charge in [0.15, 0.2) is 5.60 Å². The lowest BCUT2D eigenvalue weighted by atomic mass is 9.83. The highest BCUT2D eigenvalue weighted by Gasteiger charge is 2.47. The fourth-order valence-electron chi connectivity index (χ4n) is 5.19. The van der Waals surface area contributed by atoms with Gasteiger partial charge in [-0.15, -0.1) is 11.5 Å². The summed E-state index contributed by atoms with van der Waals surface area (Å²) >= 11 is 0. The Kier molecular flexibility index (Phi) is 6.05. The van der Waals surface area contributed by atoms with Crippen LogP contribution >= 0.6 is 0 Å². The van der Waals surface area contributed by atoms with Crippen LogP contribution in [0.15, 0.2) is 54.6 Å². The minimum atomic E-state index is -1.84. The molecule has 0 saturated carbocycles. The SMILES string of the molecule is CC(C)[Si](C#CCC1(c2ccccc2)OC(=O)c2ccccc21)(C(C)C)C(C)C. The van der Waals surface area contributed by atoms with Crippen molar-refractivity contribution in [2.45, 2.75) is 70.2 Å². The highest BCUT2D eigenvalue weighted by atomic mass is 28.3. The van der Waals surface area contributed by atoms with E-state index in [1.807, 2.05) is 54.6 Å². The summed E-state index contributed by atoms with van der Waals surface area (Å²) in [5.41, 5.74) is 7.24. The zero-order valence-corrected chi connectivity index (χ0v) is 19.5. The maximum absolute atomic E-state index is 12.7. The van der Waals surface area contributed by atoms with Crippen LogP contribution in [-0.4, -0.2) is 14.0 Å². The average Bonchev–Trinajstić information content (AvgIpc) is 2.98. The Hall–Kier alpha value is -2.31. The molecule has 0 bridgehead atoms. The second-order valence-corrected chi connectivity index (χ2v) is 14.6. The first-order valence-corrected chi connectivity index (χ1v) is 12.9. The number of hydrogen-bond donors (Lipinski definition) is 0. The first-order valence-electron chi connectivity index (χ1n) is 10.6. The van der Waals surface area contributed by atoms with Crippen molar-refractivity contribution in [1.82, 2.24) is 0 Å². The van der Waals surface area contributed by atoms with Gasteiger partial charge in [-0.3, -0.25) is 0 Å². The largest absolute Gasteiger partial charge is 0.445 e. The van der Waals surface area contributed by atoms with Crippen molar-refractivity contribution < 1.29 is 9.53 Å². The van der Waals surface area contributed by atoms with Gasteiger partial charge < -0.3 is 4.74 Å². The topological polar surface area (TPSA) is 26.3 Å². The van der Waals surface area contributed by atoms with Gasteiger partial charge >= 0.3 is 5.97 Å². The van der Waals surface area contributed by atoms with Gasteiger partial charge in [0.2, 0.25) is 0 Å². The fourth-order valence-corrected chi connectivity index (χ4v) is 10.5. The number of carbonyl (C=O) groups is 1. The molecule has 152 valence electrons. The monoisotopic (exact) mass is 404 g/mol. The summed E-state index contributed by atoms with van der Waals surface area (Å²) in [5.74, 6) is 3.29. The number of ether oxygens (including phenoxy) is 1. The zero-order chi connectivity index (χ0) is 21.2. The molecule has 0 amide bonds. The molecule has 29 heavy (non-hydrogen) atoms. The Bertz CT molecular complexity index is 912. The molecule has 0 aliphatic carbocycles. The molecule has 3 rings (SSSR count). The summed E-state index contributed by atoms with van der Waals surface area (Å²) in [5, 5.41) is 0. The predicted molar refractivity (Wildman–Crippen MR) is 123 cm³/mol. The smallest absolute Gasteiger partial charge is 0.339 e. The van der Waals surface area contributed by atoms with Crippen LogP contribution in [0.25, 0.3) is 0 Å². The number of hydrogen-bond acceptors (Lipinski definition) is 2. The van der Waals surface area contributed by atoms with Crippen molar-refractivity contribution in [1.29, 1.82) is 0 Å². The van der Waals surface area contributed by atoms with Crippen molar-refractivity contribution in [3.8, 4) is 11.5 Å². The highest BCUT2D eigenvalue weighted by molar-refractivity contribution is 6.90. The van der Waals surface area contributed by atoms with E-state index < -0.39 is 13.7 Å². The summed E-state index contributed by atoms with van der Waals surface area (Å²) in [4.78, 5) is 12.7. The number of rotatable bonds is 5. The molecule has 2 aromatic carbocycles. The van der Waals surface area contributed by atoms with Gasteiger partial charge in [0, 0.05) is 11.1 Å². The summed E-state index contributed by atoms with van der Waals surface area (Å²) < 4.78 is 6.08. The van der Waals surface area contributed by atoms with Gasteiger partial charge in [0.05, 0.1) is 12.0 Å². The Morgan fingerprint density at radius 1 is 0.862 bits per heavy atom. The molecule has 1 unspecified atom stereocenters. The van der Waals surface area contributed by atoms with Gasteiger partial charge in [-0.25, -0.2) is 4.79 Å². The molecule has 1 aliphatic rings. The lowest BCUT2D eigenvalue weighted by molar-refractivity contribution is 0.0127. The third-order valence-electron chi connectivity index (χ3n) is 6.60. The van der Waals surface area contributed by atoms with Crippen LogP contribution < -0.4 is 0 Å². The molecule has 1 heterocycles. The molecule has 2 nitrogen and oxygen atoms in total. The maximum Gasteiger partial charge on any atom is 0.339 e. The van der Waals surface area contributed by atoms with Crippen molar-refractivity contribution in [2.75, 3.05) is 0 Å². The van der Waals surface area contributed by atoms with Crippen molar-refractivity contribution in [3.63, 3.8) is 0 Å². The summed E-state index contributed by atoms with van der Waals surface area (Å²) in [6.45, 7) is 13.9. The van der Waals surface area contributed by atoms with E-state index in [4.69, 9.17) is 4.74 Å². The van der Waals surface area contributed by atoms with E-state index in [0.29, 0.717) is 28.6 Å². The van der Waals surface area contributed by atoms with E-state index in [0.717, 1.165) is 11.1 Å². The molecule has 0 radical (unpaired) electrons. The number of esters is 1. The summed E-state index contributed by atoms with van der Waals surface area (Å²) in [6, 6.07) is 17.8. The first kappa shape index (κ1) is 21.4. The van der Waals surface area contributed by atoms with Gasteiger partial charge in [-0.1, -0.05) is 90.1 Å². The quantitative estimate of drug-likeness (QED) is 0.314. The predicted octanol–water partition coefficient (Wildman–Crippen LogP) is 6.71. The molecule has 0 fully saturated rings. The van der Waals surface area contributed by atoms with Crippen molar-refractivity contribution in [3.05, 3.63) is 71.3 Å². The van der Waals surface area contributed by atoms with E-state index in [1.54, 1.807) is 0 Å². The van der Waals surface area contributed by atoms with Crippen LogP contribution in [-0.2, 0) is 10.3 Å². The summed E-state index contributed by atoms with van der Waals surface area (Å²) in [7, 11) is -1.84. The fraction of sp³-hybridized carbons (Fsp3) is 0.423. The average molecular weight is 405 g/mol. The highest BCUT2D eigenvalue weighted by Crippen LogP contribution is 2.45. The third kappa shape index (κ3) is 3.55. The number of cyclic esters (lactones) is 1. The second-order valence-electron chi connectivity index (χ2n) is 9.00. The molecule has 0 aromatic heterocycles. The molecule has 0 N–H and O–H groups in total. The molecule has 1 aliphatic heterocycles. The molecule has 2 aromatic rings. The molecule has 0 saturated heterocycles. The van der Waals surface area contributed by atoms with Crippen molar-refractivity contribution >= 4 is 14.0 Å². The van der Waals surface area contributed by atoms with Gasteiger partial charge in [-0.2, -0.15) is 0 Å². The Morgan fingerprint density at radius 3 is 2.00 bits per heavy atom. The van der Waals surface area contributed by atoms with Gasteiger partial charge in [0.1, 0.15) is 8.07 Å². The van der Waals surface area contributed by atoms with Crippen LogP contribution in [0, 0.1) is 11.5 Å². The Labute approximate surface area is 176 Å². The lowest BCUT2D eigenvalue weighted by Crippen LogP contribution is -2.43.